The largest absolute Gasteiger partial charge is 0.538 e. The number of nitriles is 1. The Hall–Kier alpha value is -3.61. The lowest BCUT2D eigenvalue weighted by molar-refractivity contribution is -0.705. The predicted molar refractivity (Wildman–Crippen MR) is 136 cm³/mol. The Morgan fingerprint density at radius 2 is 2.03 bits per heavy atom. The summed E-state index contributed by atoms with van der Waals surface area (Å²) in [6.07, 6.45) is 2.64. The molecular weight excluding hydrogens is 492 g/mol. The molecule has 1 N–H and O–H groups in total. The van der Waals surface area contributed by atoms with Crippen molar-refractivity contribution in [3.8, 4) is 17.7 Å². The molecule has 0 bridgehead atoms. The van der Waals surface area contributed by atoms with Crippen LogP contribution in [0, 0.1) is 18.3 Å². The Balaban J connectivity index is 1.32. The normalized spacial score (nSPS) is 15.6. The van der Waals surface area contributed by atoms with Crippen molar-refractivity contribution in [1.82, 2.24) is 5.27 Å². The molecule has 7 nitrogen and oxygen atoms in total. The summed E-state index contributed by atoms with van der Waals surface area (Å²) in [5.41, 5.74) is 4.65. The molecule has 0 aliphatic heterocycles. The van der Waals surface area contributed by atoms with Gasteiger partial charge in [-0.1, -0.05) is 48.0 Å². The van der Waals surface area contributed by atoms with E-state index in [2.05, 4.69) is 40.9 Å². The van der Waals surface area contributed by atoms with Crippen LogP contribution >= 0.6 is 23.1 Å². The van der Waals surface area contributed by atoms with E-state index in [1.54, 1.807) is 6.92 Å². The number of rotatable bonds is 6. The highest BCUT2D eigenvalue weighted by Crippen LogP contribution is 2.42. The highest BCUT2D eigenvalue weighted by molar-refractivity contribution is 8.00. The van der Waals surface area contributed by atoms with E-state index < -0.39 is 11.2 Å². The minimum absolute atomic E-state index is 0.221. The molecule has 4 aromatic rings. The molecule has 0 fully saturated rings. The predicted octanol–water partition coefficient (Wildman–Crippen LogP) is 4.66. The summed E-state index contributed by atoms with van der Waals surface area (Å²) in [6, 6.07) is 20.2. The molecule has 2 atom stereocenters. The number of thioether (sulfide) groups is 1. The van der Waals surface area contributed by atoms with Gasteiger partial charge in [-0.25, -0.2) is 0 Å². The summed E-state index contributed by atoms with van der Waals surface area (Å²) in [7, 11) is 0. The number of thiophene rings is 1. The average Bonchev–Trinajstić information content (AvgIpc) is 3.43. The fourth-order valence-electron chi connectivity index (χ4n) is 4.43. The number of fused-ring (bicyclic) bond motifs is 1. The van der Waals surface area contributed by atoms with Crippen LogP contribution in [0.25, 0.3) is 5.69 Å². The van der Waals surface area contributed by atoms with Crippen molar-refractivity contribution in [2.75, 3.05) is 5.32 Å². The second-order valence-corrected chi connectivity index (χ2v) is 11.3. The molecule has 0 spiro atoms. The zero-order valence-electron chi connectivity index (χ0n) is 19.9. The van der Waals surface area contributed by atoms with Crippen molar-refractivity contribution in [2.24, 2.45) is 0 Å². The first kappa shape index (κ1) is 24.1. The fraction of sp³-hybridized carbons (Fsp3) is 0.259. The quantitative estimate of drug-likeness (QED) is 0.295. The molecule has 9 heteroatoms. The van der Waals surface area contributed by atoms with Gasteiger partial charge in [-0.3, -0.25) is 4.79 Å². The molecule has 2 aromatic carbocycles. The standard InChI is InChI=1S/C27H24N4O3S2/c1-16-8-11-20(12-9-16)31-26(27(33)34-30-31)35-17(2)24(32)29-25-22(15-28)21-13-10-19(14-23(21)36-25)18-6-4-3-5-7-18/h3-9,11-12,17,19H,10,13-14H2,1-2H3,(H-,29,30,32,33). The zero-order chi connectivity index (χ0) is 25.2. The molecule has 1 aliphatic carbocycles. The van der Waals surface area contributed by atoms with Gasteiger partial charge in [-0.05, 0) is 66.6 Å². The Kier molecular flexibility index (Phi) is 6.81. The second kappa shape index (κ2) is 10.2. The number of amides is 1. The molecule has 5 rings (SSSR count). The lowest BCUT2D eigenvalue weighted by Gasteiger charge is -2.22. The number of benzene rings is 2. The van der Waals surface area contributed by atoms with Gasteiger partial charge in [0, 0.05) is 17.0 Å². The molecular formula is C27H24N4O3S2. The van der Waals surface area contributed by atoms with Crippen molar-refractivity contribution in [2.45, 2.75) is 49.3 Å². The first-order valence-corrected chi connectivity index (χ1v) is 13.4. The van der Waals surface area contributed by atoms with Crippen LogP contribution in [0.15, 0.2) is 64.1 Å². The summed E-state index contributed by atoms with van der Waals surface area (Å²) in [6.45, 7) is 3.69. The van der Waals surface area contributed by atoms with Gasteiger partial charge in [-0.15, -0.1) is 11.3 Å². The third kappa shape index (κ3) is 4.74. The number of nitrogens with zero attached hydrogens (tertiary/aromatic N) is 3. The molecule has 36 heavy (non-hydrogen) atoms. The van der Waals surface area contributed by atoms with E-state index in [9.17, 15) is 15.2 Å². The van der Waals surface area contributed by atoms with E-state index in [4.69, 9.17) is 4.52 Å². The zero-order valence-corrected chi connectivity index (χ0v) is 21.5. The van der Waals surface area contributed by atoms with E-state index in [-0.39, 0.29) is 10.9 Å². The maximum absolute atomic E-state index is 13.1. The summed E-state index contributed by atoms with van der Waals surface area (Å²) in [4.78, 5) is 14.3. The first-order valence-electron chi connectivity index (χ1n) is 11.7. The number of carbonyl (C=O) groups excluding carboxylic acids is 1. The molecule has 2 heterocycles. The highest BCUT2D eigenvalue weighted by atomic mass is 32.2. The Labute approximate surface area is 217 Å². The van der Waals surface area contributed by atoms with Crippen LogP contribution in [0.5, 0.6) is 5.95 Å². The second-order valence-electron chi connectivity index (χ2n) is 8.83. The van der Waals surface area contributed by atoms with Gasteiger partial charge >= 0.3 is 0 Å². The molecule has 182 valence electrons. The number of hydrogen-bond acceptors (Lipinski definition) is 7. The van der Waals surface area contributed by atoms with E-state index >= 15 is 0 Å². The third-order valence-electron chi connectivity index (χ3n) is 6.39. The molecule has 2 unspecified atom stereocenters. The van der Waals surface area contributed by atoms with Gasteiger partial charge in [0.1, 0.15) is 11.1 Å². The van der Waals surface area contributed by atoms with Crippen molar-refractivity contribution in [3.63, 3.8) is 0 Å². The number of aryl methyl sites for hydroxylation is 1. The molecule has 0 saturated carbocycles. The van der Waals surface area contributed by atoms with Gasteiger partial charge in [0.2, 0.25) is 11.6 Å². The highest BCUT2D eigenvalue weighted by Gasteiger charge is 2.30. The van der Waals surface area contributed by atoms with Crippen molar-refractivity contribution in [1.29, 1.82) is 5.26 Å². The van der Waals surface area contributed by atoms with Crippen LogP contribution in [0.2, 0.25) is 0 Å². The van der Waals surface area contributed by atoms with Crippen LogP contribution in [0.3, 0.4) is 0 Å². The summed E-state index contributed by atoms with van der Waals surface area (Å²) in [5.74, 6) is -0.481. The first-order chi connectivity index (χ1) is 17.4. The number of nitrogens with one attached hydrogen (secondary N) is 1. The summed E-state index contributed by atoms with van der Waals surface area (Å²) >= 11 is 2.56. The van der Waals surface area contributed by atoms with Crippen molar-refractivity contribution >= 4 is 34.0 Å². The Morgan fingerprint density at radius 3 is 2.75 bits per heavy atom. The average molecular weight is 517 g/mol. The van der Waals surface area contributed by atoms with Gasteiger partial charge in [0.15, 0.2) is 5.95 Å². The van der Waals surface area contributed by atoms with Gasteiger partial charge in [0.05, 0.1) is 16.1 Å². The lowest BCUT2D eigenvalue weighted by Crippen LogP contribution is -2.36. The van der Waals surface area contributed by atoms with E-state index in [0.29, 0.717) is 22.2 Å². The smallest absolute Gasteiger partial charge is 0.298 e. The Bertz CT molecular complexity index is 1440. The van der Waals surface area contributed by atoms with Crippen LogP contribution in [0.4, 0.5) is 5.00 Å². The number of anilines is 1. The SMILES string of the molecule is Cc1ccc(-[n+]2noc([O-])c2SC(C)C(=O)Nc2sc3c(c2C#N)CCC(c2ccccc2)C3)cc1. The molecule has 0 saturated heterocycles. The molecule has 1 aliphatic rings. The molecule has 1 amide bonds. The summed E-state index contributed by atoms with van der Waals surface area (Å²) < 4.78 is 6.29. The Morgan fingerprint density at radius 1 is 1.28 bits per heavy atom. The number of hydrogen-bond donors (Lipinski definition) is 1. The van der Waals surface area contributed by atoms with Crippen LogP contribution in [0.1, 0.15) is 46.4 Å². The maximum atomic E-state index is 13.1. The monoisotopic (exact) mass is 516 g/mol. The minimum Gasteiger partial charge on any atom is -0.538 e. The number of carbonyl (C=O) groups is 1. The topological polar surface area (TPSA) is 106 Å². The summed E-state index contributed by atoms with van der Waals surface area (Å²) in [5, 5.41) is 29.2. The fourth-order valence-corrected chi connectivity index (χ4v) is 6.58. The van der Waals surface area contributed by atoms with Crippen molar-refractivity contribution < 1.29 is 19.1 Å². The van der Waals surface area contributed by atoms with E-state index in [0.717, 1.165) is 47.0 Å². The lowest BCUT2D eigenvalue weighted by atomic mass is 9.83. The van der Waals surface area contributed by atoms with Gasteiger partial charge in [-0.2, -0.15) is 5.26 Å². The third-order valence-corrected chi connectivity index (χ3v) is 8.69. The van der Waals surface area contributed by atoms with Crippen LogP contribution < -0.4 is 15.1 Å². The molecule has 2 aromatic heterocycles. The van der Waals surface area contributed by atoms with Crippen LogP contribution in [-0.2, 0) is 17.6 Å². The van der Waals surface area contributed by atoms with Gasteiger partial charge < -0.3 is 14.9 Å². The van der Waals surface area contributed by atoms with E-state index in [1.165, 1.54) is 21.6 Å². The maximum Gasteiger partial charge on any atom is 0.298 e. The van der Waals surface area contributed by atoms with Crippen molar-refractivity contribution in [3.05, 3.63) is 81.7 Å². The van der Waals surface area contributed by atoms with E-state index in [1.807, 2.05) is 37.3 Å². The van der Waals surface area contributed by atoms with Crippen LogP contribution in [-0.4, -0.2) is 16.4 Å². The van der Waals surface area contributed by atoms with Gasteiger partial charge in [0.25, 0.3) is 5.03 Å². The molecule has 0 radical (unpaired) electrons. The number of aromatic nitrogens is 2. The minimum atomic E-state index is -0.614.